The molecule has 0 heterocycles. The van der Waals surface area contributed by atoms with Crippen molar-refractivity contribution >= 4 is 11.6 Å². The molecule has 112 valence electrons. The highest BCUT2D eigenvalue weighted by Crippen LogP contribution is 2.16. The first-order valence-electron chi connectivity index (χ1n) is 6.84. The van der Waals surface area contributed by atoms with Gasteiger partial charge in [-0.15, -0.1) is 0 Å². The van der Waals surface area contributed by atoms with Crippen LogP contribution in [0.15, 0.2) is 24.3 Å². The Hall–Kier alpha value is -1.62. The molecule has 1 unspecified atom stereocenters. The molecule has 0 saturated carbocycles. The molecule has 5 heteroatoms. The van der Waals surface area contributed by atoms with Crippen LogP contribution in [0, 0.1) is 5.82 Å². The third-order valence-corrected chi connectivity index (χ3v) is 3.76. The number of anilines is 1. The van der Waals surface area contributed by atoms with Gasteiger partial charge in [0.2, 0.25) is 5.91 Å². The molecule has 4 nitrogen and oxygen atoms in total. The first kappa shape index (κ1) is 16.4. The van der Waals surface area contributed by atoms with E-state index in [1.165, 1.54) is 12.1 Å². The predicted octanol–water partition coefficient (Wildman–Crippen LogP) is 1.90. The van der Waals surface area contributed by atoms with Crippen molar-refractivity contribution < 1.29 is 9.18 Å². The van der Waals surface area contributed by atoms with E-state index >= 15 is 0 Å². The largest absolute Gasteiger partial charge is 0.375 e. The van der Waals surface area contributed by atoms with Gasteiger partial charge in [-0.2, -0.15) is 0 Å². The van der Waals surface area contributed by atoms with Crippen LogP contribution in [0.1, 0.15) is 26.2 Å². The van der Waals surface area contributed by atoms with Gasteiger partial charge in [0, 0.05) is 19.3 Å². The molecular weight excluding hydrogens is 257 g/mol. The summed E-state index contributed by atoms with van der Waals surface area (Å²) in [5.74, 6) is -0.565. The van der Waals surface area contributed by atoms with Crippen LogP contribution in [-0.2, 0) is 4.79 Å². The molecule has 0 radical (unpaired) electrons. The van der Waals surface area contributed by atoms with Gasteiger partial charge in [-0.25, -0.2) is 4.39 Å². The molecule has 0 aromatic heterocycles. The number of nitrogens with one attached hydrogen (secondary N) is 1. The van der Waals surface area contributed by atoms with Crippen LogP contribution >= 0.6 is 0 Å². The third kappa shape index (κ3) is 4.49. The van der Waals surface area contributed by atoms with Crippen LogP contribution in [0.5, 0.6) is 0 Å². The molecule has 3 N–H and O–H groups in total. The molecule has 0 aliphatic heterocycles. The Morgan fingerprint density at radius 1 is 1.45 bits per heavy atom. The van der Waals surface area contributed by atoms with Crippen molar-refractivity contribution in [1.82, 2.24) is 5.32 Å². The van der Waals surface area contributed by atoms with Crippen molar-refractivity contribution in [3.63, 3.8) is 0 Å². The number of nitrogens with two attached hydrogens (primary N) is 1. The highest BCUT2D eigenvalue weighted by Gasteiger charge is 2.27. The number of hydrogen-bond donors (Lipinski definition) is 2. The summed E-state index contributed by atoms with van der Waals surface area (Å²) in [6.07, 6.45) is 2.48. The van der Waals surface area contributed by atoms with E-state index in [0.29, 0.717) is 6.42 Å². The molecule has 0 aliphatic rings. The summed E-state index contributed by atoms with van der Waals surface area (Å²) in [7, 11) is 3.67. The van der Waals surface area contributed by atoms with Crippen LogP contribution in [-0.4, -0.2) is 32.1 Å². The van der Waals surface area contributed by atoms with Gasteiger partial charge >= 0.3 is 0 Å². The molecule has 0 saturated heterocycles. The standard InChI is InChI=1S/C15H24FN3O/c1-15(18-2,14(17)20)9-4-5-10-19(3)13-8-6-7-12(16)11-13/h6-8,11,18H,4-5,9-10H2,1-3H3,(H2,17,20). The second kappa shape index (κ2) is 7.24. The van der Waals surface area contributed by atoms with Crippen LogP contribution in [0.2, 0.25) is 0 Å². The number of likely N-dealkylation sites (N-methyl/N-ethyl adjacent to an activating group) is 1. The minimum atomic E-state index is -0.655. The molecule has 20 heavy (non-hydrogen) atoms. The van der Waals surface area contributed by atoms with Gasteiger partial charge in [0.25, 0.3) is 0 Å². The number of benzene rings is 1. The lowest BCUT2D eigenvalue weighted by Gasteiger charge is -2.26. The van der Waals surface area contributed by atoms with Crippen molar-refractivity contribution in [3.05, 3.63) is 30.1 Å². The SMILES string of the molecule is CNC(C)(CCCCN(C)c1cccc(F)c1)C(N)=O. The summed E-state index contributed by atoms with van der Waals surface area (Å²) < 4.78 is 13.1. The Kier molecular flexibility index (Phi) is 5.95. The lowest BCUT2D eigenvalue weighted by molar-refractivity contribution is -0.123. The zero-order valence-electron chi connectivity index (χ0n) is 12.4. The second-order valence-electron chi connectivity index (χ2n) is 5.30. The fraction of sp³-hybridized carbons (Fsp3) is 0.533. The van der Waals surface area contributed by atoms with Crippen molar-refractivity contribution in [1.29, 1.82) is 0 Å². The maximum atomic E-state index is 13.1. The summed E-state index contributed by atoms with van der Waals surface area (Å²) in [5.41, 5.74) is 5.58. The highest BCUT2D eigenvalue weighted by molar-refractivity contribution is 5.84. The summed E-state index contributed by atoms with van der Waals surface area (Å²) in [6, 6.07) is 6.53. The van der Waals surface area contributed by atoms with E-state index in [4.69, 9.17) is 5.73 Å². The quantitative estimate of drug-likeness (QED) is 0.715. The summed E-state index contributed by atoms with van der Waals surface area (Å²) in [6.45, 7) is 2.62. The van der Waals surface area contributed by atoms with Crippen LogP contribution in [0.3, 0.4) is 0 Å². The Morgan fingerprint density at radius 2 is 2.15 bits per heavy atom. The van der Waals surface area contributed by atoms with Crippen molar-refractivity contribution in [2.24, 2.45) is 5.73 Å². The zero-order chi connectivity index (χ0) is 15.2. The third-order valence-electron chi connectivity index (χ3n) is 3.76. The fourth-order valence-electron chi connectivity index (χ4n) is 2.04. The molecule has 1 amide bonds. The van der Waals surface area contributed by atoms with E-state index in [-0.39, 0.29) is 11.7 Å². The van der Waals surface area contributed by atoms with Gasteiger partial charge in [-0.1, -0.05) is 6.07 Å². The van der Waals surface area contributed by atoms with E-state index in [0.717, 1.165) is 25.1 Å². The number of rotatable bonds is 8. The van der Waals surface area contributed by atoms with E-state index in [1.54, 1.807) is 13.1 Å². The minimum Gasteiger partial charge on any atom is -0.375 e. The smallest absolute Gasteiger partial charge is 0.237 e. The monoisotopic (exact) mass is 281 g/mol. The lowest BCUT2D eigenvalue weighted by Crippen LogP contribution is -2.51. The van der Waals surface area contributed by atoms with Gasteiger partial charge in [-0.3, -0.25) is 4.79 Å². The highest BCUT2D eigenvalue weighted by atomic mass is 19.1. The average molecular weight is 281 g/mol. The first-order chi connectivity index (χ1) is 9.39. The first-order valence-corrected chi connectivity index (χ1v) is 6.84. The van der Waals surface area contributed by atoms with E-state index in [1.807, 2.05) is 24.9 Å². The molecule has 1 atom stereocenters. The maximum absolute atomic E-state index is 13.1. The lowest BCUT2D eigenvalue weighted by atomic mass is 9.94. The number of unbranched alkanes of at least 4 members (excludes halogenated alkanes) is 1. The molecule has 0 bridgehead atoms. The molecule has 1 aromatic carbocycles. The Morgan fingerprint density at radius 3 is 2.70 bits per heavy atom. The number of primary amides is 1. The number of nitrogens with zero attached hydrogens (tertiary/aromatic N) is 1. The van der Waals surface area contributed by atoms with Gasteiger partial charge in [0.05, 0.1) is 5.54 Å². The Bertz CT molecular complexity index is 452. The van der Waals surface area contributed by atoms with Crippen molar-refractivity contribution in [2.45, 2.75) is 31.7 Å². The summed E-state index contributed by atoms with van der Waals surface area (Å²) >= 11 is 0. The molecule has 0 aliphatic carbocycles. The van der Waals surface area contributed by atoms with Crippen LogP contribution in [0.25, 0.3) is 0 Å². The fourth-order valence-corrected chi connectivity index (χ4v) is 2.04. The average Bonchev–Trinajstić information content (AvgIpc) is 2.42. The van der Waals surface area contributed by atoms with E-state index in [2.05, 4.69) is 5.32 Å². The predicted molar refractivity (Wildman–Crippen MR) is 80.2 cm³/mol. The van der Waals surface area contributed by atoms with Crippen LogP contribution in [0.4, 0.5) is 10.1 Å². The van der Waals surface area contributed by atoms with Gasteiger partial charge < -0.3 is 16.0 Å². The topological polar surface area (TPSA) is 58.4 Å². The van der Waals surface area contributed by atoms with Crippen molar-refractivity contribution in [2.75, 3.05) is 25.5 Å². The number of carbonyl (C=O) groups is 1. The molecule has 1 aromatic rings. The van der Waals surface area contributed by atoms with Crippen molar-refractivity contribution in [3.8, 4) is 0 Å². The van der Waals surface area contributed by atoms with E-state index < -0.39 is 5.54 Å². The molecule has 0 spiro atoms. The zero-order valence-corrected chi connectivity index (χ0v) is 12.4. The molecule has 1 rings (SSSR count). The number of hydrogen-bond acceptors (Lipinski definition) is 3. The van der Waals surface area contributed by atoms with Gasteiger partial charge in [-0.05, 0) is 51.4 Å². The van der Waals surface area contributed by atoms with E-state index in [9.17, 15) is 9.18 Å². The minimum absolute atomic E-state index is 0.231. The Labute approximate surface area is 120 Å². The van der Waals surface area contributed by atoms with Gasteiger partial charge in [0.1, 0.15) is 5.82 Å². The maximum Gasteiger partial charge on any atom is 0.237 e. The van der Waals surface area contributed by atoms with Gasteiger partial charge in [0.15, 0.2) is 0 Å². The molecular formula is C15H24FN3O. The second-order valence-corrected chi connectivity index (χ2v) is 5.30. The molecule has 0 fully saturated rings. The number of halogens is 1. The summed E-state index contributed by atoms with van der Waals surface area (Å²) in [5, 5.41) is 2.97. The normalized spacial score (nSPS) is 13.8. The Balaban J connectivity index is 2.39. The number of carbonyl (C=O) groups excluding carboxylic acids is 1. The van der Waals surface area contributed by atoms with Crippen LogP contribution < -0.4 is 16.0 Å². The summed E-state index contributed by atoms with van der Waals surface area (Å²) in [4.78, 5) is 13.4. The number of amides is 1.